The molecule has 0 bridgehead atoms. The van der Waals surface area contributed by atoms with Crippen LogP contribution in [0.25, 0.3) is 0 Å². The normalized spacial score (nSPS) is 9.17. The SMILES string of the molecule is CC(=O)NN(Cl)c1ccccc1. The van der Waals surface area contributed by atoms with Gasteiger partial charge in [0.25, 0.3) is 0 Å². The van der Waals surface area contributed by atoms with Gasteiger partial charge >= 0.3 is 0 Å². The molecule has 0 aliphatic carbocycles. The number of nitrogens with one attached hydrogen (secondary N) is 1. The van der Waals surface area contributed by atoms with Gasteiger partial charge < -0.3 is 0 Å². The number of hydrogen-bond acceptors (Lipinski definition) is 2. The summed E-state index contributed by atoms with van der Waals surface area (Å²) in [5.41, 5.74) is 3.15. The van der Waals surface area contributed by atoms with Crippen LogP contribution in [-0.4, -0.2) is 5.91 Å². The molecule has 1 aromatic rings. The van der Waals surface area contributed by atoms with Gasteiger partial charge in [0, 0.05) is 18.7 Å². The summed E-state index contributed by atoms with van der Waals surface area (Å²) >= 11 is 5.70. The Morgan fingerprint density at radius 3 is 2.50 bits per heavy atom. The maximum atomic E-state index is 10.6. The smallest absolute Gasteiger partial charge is 0.236 e. The molecule has 0 fully saturated rings. The molecule has 0 aromatic heterocycles. The van der Waals surface area contributed by atoms with E-state index in [9.17, 15) is 4.79 Å². The molecule has 4 heteroatoms. The van der Waals surface area contributed by atoms with Crippen LogP contribution in [0.3, 0.4) is 0 Å². The molecule has 1 rings (SSSR count). The van der Waals surface area contributed by atoms with Crippen LogP contribution in [-0.2, 0) is 4.79 Å². The molecule has 3 nitrogen and oxygen atoms in total. The first-order chi connectivity index (χ1) is 5.70. The van der Waals surface area contributed by atoms with E-state index in [0.29, 0.717) is 0 Å². The molecule has 1 amide bonds. The van der Waals surface area contributed by atoms with E-state index < -0.39 is 0 Å². The largest absolute Gasteiger partial charge is 0.274 e. The van der Waals surface area contributed by atoms with Crippen LogP contribution in [0.4, 0.5) is 5.69 Å². The quantitative estimate of drug-likeness (QED) is 0.561. The Hall–Kier alpha value is -1.22. The number of anilines is 1. The highest BCUT2D eigenvalue weighted by molar-refractivity contribution is 6.25. The third-order valence-corrected chi connectivity index (χ3v) is 1.52. The number of hydrogen-bond donors (Lipinski definition) is 1. The molecule has 1 aromatic carbocycles. The lowest BCUT2D eigenvalue weighted by molar-refractivity contribution is -0.118. The van der Waals surface area contributed by atoms with Crippen molar-refractivity contribution in [2.75, 3.05) is 4.53 Å². The molecule has 0 saturated carbocycles. The van der Waals surface area contributed by atoms with Crippen molar-refractivity contribution in [3.8, 4) is 0 Å². The minimum Gasteiger partial charge on any atom is -0.274 e. The van der Waals surface area contributed by atoms with Gasteiger partial charge in [0.2, 0.25) is 5.91 Å². The zero-order valence-electron chi connectivity index (χ0n) is 6.62. The van der Waals surface area contributed by atoms with Crippen molar-refractivity contribution in [1.29, 1.82) is 0 Å². The van der Waals surface area contributed by atoms with Crippen LogP contribution in [0.15, 0.2) is 30.3 Å². The van der Waals surface area contributed by atoms with Crippen LogP contribution in [0.2, 0.25) is 0 Å². The first-order valence-corrected chi connectivity index (χ1v) is 3.82. The molecule has 1 N–H and O–H groups in total. The molecule has 64 valence electrons. The minimum absolute atomic E-state index is 0.200. The third kappa shape index (κ3) is 2.43. The molecule has 0 unspecified atom stereocenters. The second-order valence-corrected chi connectivity index (χ2v) is 2.62. The van der Waals surface area contributed by atoms with E-state index in [-0.39, 0.29) is 5.91 Å². The van der Waals surface area contributed by atoms with E-state index in [4.69, 9.17) is 11.8 Å². The molecule has 0 heterocycles. The zero-order chi connectivity index (χ0) is 8.97. The van der Waals surface area contributed by atoms with Gasteiger partial charge in [-0.1, -0.05) is 18.2 Å². The number of para-hydroxylation sites is 1. The molecular formula is C8H9ClN2O. The zero-order valence-corrected chi connectivity index (χ0v) is 7.38. The number of halogens is 1. The number of nitrogens with zero attached hydrogens (tertiary/aromatic N) is 1. The number of carbonyl (C=O) groups excluding carboxylic acids is 1. The van der Waals surface area contributed by atoms with Gasteiger partial charge in [0.05, 0.1) is 5.69 Å². The molecule has 0 saturated heterocycles. The molecule has 12 heavy (non-hydrogen) atoms. The van der Waals surface area contributed by atoms with Crippen molar-refractivity contribution >= 4 is 23.4 Å². The monoisotopic (exact) mass is 184 g/mol. The number of amides is 1. The second-order valence-electron chi connectivity index (χ2n) is 2.28. The Labute approximate surface area is 76.0 Å². The molecule has 0 aliphatic heterocycles. The fourth-order valence-electron chi connectivity index (χ4n) is 0.762. The van der Waals surface area contributed by atoms with Crippen LogP contribution in [0.1, 0.15) is 6.92 Å². The summed E-state index contributed by atoms with van der Waals surface area (Å²) in [6, 6.07) is 9.15. The number of carbonyl (C=O) groups is 1. The predicted octanol–water partition coefficient (Wildman–Crippen LogP) is 1.70. The summed E-state index contributed by atoms with van der Waals surface area (Å²) in [4.78, 5) is 10.6. The van der Waals surface area contributed by atoms with E-state index in [1.165, 1.54) is 6.92 Å². The van der Waals surface area contributed by atoms with Crippen molar-refractivity contribution in [3.05, 3.63) is 30.3 Å². The summed E-state index contributed by atoms with van der Waals surface area (Å²) in [6.07, 6.45) is 0. The van der Waals surface area contributed by atoms with E-state index in [1.807, 2.05) is 18.2 Å². The first kappa shape index (κ1) is 8.87. The molecule has 0 spiro atoms. The van der Waals surface area contributed by atoms with Gasteiger partial charge in [-0.3, -0.25) is 10.2 Å². The average molecular weight is 185 g/mol. The number of hydrazine groups is 1. The lowest BCUT2D eigenvalue weighted by atomic mass is 10.3. The third-order valence-electron chi connectivity index (χ3n) is 1.24. The summed E-state index contributed by atoms with van der Waals surface area (Å²) in [7, 11) is 0. The fourth-order valence-corrected chi connectivity index (χ4v) is 0.993. The highest BCUT2D eigenvalue weighted by Gasteiger charge is 2.01. The van der Waals surface area contributed by atoms with Crippen LogP contribution < -0.4 is 9.95 Å². The highest BCUT2D eigenvalue weighted by atomic mass is 35.5. The van der Waals surface area contributed by atoms with Gasteiger partial charge in [-0.25, -0.2) is 0 Å². The Morgan fingerprint density at radius 1 is 1.42 bits per heavy atom. The topological polar surface area (TPSA) is 32.3 Å². The van der Waals surface area contributed by atoms with Gasteiger partial charge in [-0.2, -0.15) is 4.53 Å². The van der Waals surface area contributed by atoms with E-state index >= 15 is 0 Å². The van der Waals surface area contributed by atoms with Crippen LogP contribution in [0.5, 0.6) is 0 Å². The van der Waals surface area contributed by atoms with Gasteiger partial charge in [-0.05, 0) is 12.1 Å². The predicted molar refractivity (Wildman–Crippen MR) is 48.6 cm³/mol. The second kappa shape index (κ2) is 3.97. The number of rotatable bonds is 2. The van der Waals surface area contributed by atoms with E-state index in [0.717, 1.165) is 10.2 Å². The van der Waals surface area contributed by atoms with Crippen LogP contribution in [0, 0.1) is 0 Å². The van der Waals surface area contributed by atoms with Gasteiger partial charge in [-0.15, -0.1) is 0 Å². The van der Waals surface area contributed by atoms with Crippen molar-refractivity contribution < 1.29 is 4.79 Å². The Kier molecular flexibility index (Phi) is 2.94. The Bertz CT molecular complexity index is 263. The summed E-state index contributed by atoms with van der Waals surface area (Å²) < 4.78 is 1.16. The Morgan fingerprint density at radius 2 is 2.00 bits per heavy atom. The highest BCUT2D eigenvalue weighted by Crippen LogP contribution is 2.12. The first-order valence-electron chi connectivity index (χ1n) is 3.48. The lowest BCUT2D eigenvalue weighted by Gasteiger charge is -2.14. The van der Waals surface area contributed by atoms with Gasteiger partial charge in [0.1, 0.15) is 0 Å². The molecule has 0 aliphatic rings. The average Bonchev–Trinajstić information content (AvgIpc) is 2.05. The van der Waals surface area contributed by atoms with Gasteiger partial charge in [0.15, 0.2) is 0 Å². The van der Waals surface area contributed by atoms with E-state index in [2.05, 4.69) is 5.43 Å². The standard InChI is InChI=1S/C8H9ClN2O/c1-7(12)10-11(9)8-5-3-2-4-6-8/h2-6H,1H3,(H,10,12). The number of benzene rings is 1. The molecule has 0 atom stereocenters. The lowest BCUT2D eigenvalue weighted by Crippen LogP contribution is -2.33. The summed E-state index contributed by atoms with van der Waals surface area (Å²) in [6.45, 7) is 1.40. The van der Waals surface area contributed by atoms with E-state index in [1.54, 1.807) is 12.1 Å². The van der Waals surface area contributed by atoms with Crippen molar-refractivity contribution in [3.63, 3.8) is 0 Å². The maximum Gasteiger partial charge on any atom is 0.236 e. The molecular weight excluding hydrogens is 176 g/mol. The minimum atomic E-state index is -0.200. The Balaban J connectivity index is 2.65. The maximum absolute atomic E-state index is 10.6. The van der Waals surface area contributed by atoms with Crippen molar-refractivity contribution in [1.82, 2.24) is 5.43 Å². The van der Waals surface area contributed by atoms with Crippen LogP contribution >= 0.6 is 11.8 Å². The summed E-state index contributed by atoms with van der Waals surface area (Å²) in [5.74, 6) is -0.200. The van der Waals surface area contributed by atoms with Crippen molar-refractivity contribution in [2.45, 2.75) is 6.92 Å². The summed E-state index contributed by atoms with van der Waals surface area (Å²) in [5, 5.41) is 0. The van der Waals surface area contributed by atoms with Crippen molar-refractivity contribution in [2.24, 2.45) is 0 Å². The molecule has 0 radical (unpaired) electrons. The fraction of sp³-hybridized carbons (Fsp3) is 0.125.